The molecule has 0 unspecified atom stereocenters. The smallest absolute Gasteiger partial charge is 0.312 e. The Morgan fingerprint density at radius 3 is 2.76 bits per heavy atom. The van der Waals surface area contributed by atoms with E-state index in [2.05, 4.69) is 23.7 Å². The van der Waals surface area contributed by atoms with Crippen LogP contribution < -0.4 is 4.80 Å². The van der Waals surface area contributed by atoms with Crippen LogP contribution in [-0.2, 0) is 6.54 Å². The van der Waals surface area contributed by atoms with E-state index in [0.717, 1.165) is 32.7 Å². The van der Waals surface area contributed by atoms with Gasteiger partial charge in [-0.15, -0.1) is 6.58 Å². The van der Waals surface area contributed by atoms with Crippen LogP contribution in [0.5, 0.6) is 0 Å². The molecule has 0 spiro atoms. The summed E-state index contributed by atoms with van der Waals surface area (Å²) in [5, 5.41) is 10.7. The molecule has 0 saturated carbocycles. The molecule has 0 saturated heterocycles. The maximum atomic E-state index is 12.4. The number of thiazole rings is 1. The SMILES string of the molecule is C=CCn1c(=NC(=O)c2ccc([N+](=O)[O-])s2)sc2cc(C)cc(C)c21. The van der Waals surface area contributed by atoms with E-state index in [1.807, 2.05) is 18.4 Å². The minimum absolute atomic E-state index is 0.0691. The Morgan fingerprint density at radius 1 is 1.36 bits per heavy atom. The normalized spacial score (nSPS) is 11.8. The number of aryl methyl sites for hydroxylation is 2. The van der Waals surface area contributed by atoms with Gasteiger partial charge < -0.3 is 4.57 Å². The van der Waals surface area contributed by atoms with Crippen molar-refractivity contribution >= 4 is 43.8 Å². The van der Waals surface area contributed by atoms with Crippen molar-refractivity contribution in [1.82, 2.24) is 4.57 Å². The summed E-state index contributed by atoms with van der Waals surface area (Å²) in [7, 11) is 0. The number of nitrogens with zero attached hydrogens (tertiary/aromatic N) is 3. The number of hydrogen-bond acceptors (Lipinski definition) is 5. The first-order chi connectivity index (χ1) is 11.9. The lowest BCUT2D eigenvalue weighted by Gasteiger charge is -2.05. The largest absolute Gasteiger partial charge is 0.324 e. The highest BCUT2D eigenvalue weighted by Gasteiger charge is 2.16. The zero-order valence-corrected chi connectivity index (χ0v) is 15.3. The molecule has 0 bridgehead atoms. The zero-order chi connectivity index (χ0) is 18.1. The average molecular weight is 373 g/mol. The van der Waals surface area contributed by atoms with Crippen LogP contribution in [0, 0.1) is 24.0 Å². The van der Waals surface area contributed by atoms with E-state index in [9.17, 15) is 14.9 Å². The van der Waals surface area contributed by atoms with Crippen molar-refractivity contribution in [2.24, 2.45) is 4.99 Å². The highest BCUT2D eigenvalue weighted by Crippen LogP contribution is 2.25. The molecule has 0 aliphatic carbocycles. The molecule has 6 nitrogen and oxygen atoms in total. The van der Waals surface area contributed by atoms with Gasteiger partial charge in [-0.05, 0) is 37.1 Å². The predicted octanol–water partition coefficient (Wildman–Crippen LogP) is 4.22. The summed E-state index contributed by atoms with van der Waals surface area (Å²) >= 11 is 2.26. The third-order valence-corrected chi connectivity index (χ3v) is 5.65. The van der Waals surface area contributed by atoms with Crippen molar-refractivity contribution in [2.75, 3.05) is 0 Å². The van der Waals surface area contributed by atoms with Gasteiger partial charge in [0.15, 0.2) is 4.80 Å². The molecule has 0 N–H and O–H groups in total. The van der Waals surface area contributed by atoms with Gasteiger partial charge in [-0.3, -0.25) is 14.9 Å². The summed E-state index contributed by atoms with van der Waals surface area (Å²) in [5.41, 5.74) is 3.27. The molecule has 25 heavy (non-hydrogen) atoms. The minimum Gasteiger partial charge on any atom is -0.312 e. The van der Waals surface area contributed by atoms with Gasteiger partial charge in [0.2, 0.25) is 0 Å². The number of nitro groups is 1. The van der Waals surface area contributed by atoms with E-state index in [1.54, 1.807) is 6.08 Å². The number of rotatable bonds is 4. The van der Waals surface area contributed by atoms with Crippen molar-refractivity contribution < 1.29 is 9.72 Å². The van der Waals surface area contributed by atoms with Gasteiger partial charge in [-0.25, -0.2) is 0 Å². The lowest BCUT2D eigenvalue weighted by atomic mass is 10.1. The quantitative estimate of drug-likeness (QED) is 0.390. The number of thiophene rings is 1. The second-order valence-corrected chi connectivity index (χ2v) is 7.60. The fourth-order valence-electron chi connectivity index (χ4n) is 2.66. The van der Waals surface area contributed by atoms with Gasteiger partial charge in [-0.2, -0.15) is 4.99 Å². The third kappa shape index (κ3) is 3.31. The van der Waals surface area contributed by atoms with Crippen molar-refractivity contribution in [3.05, 3.63) is 67.8 Å². The molecule has 2 heterocycles. The lowest BCUT2D eigenvalue weighted by Crippen LogP contribution is -2.16. The predicted molar refractivity (Wildman–Crippen MR) is 100 cm³/mol. The van der Waals surface area contributed by atoms with Gasteiger partial charge in [0, 0.05) is 12.6 Å². The third-order valence-electron chi connectivity index (χ3n) is 3.60. The molecule has 0 fully saturated rings. The first-order valence-electron chi connectivity index (χ1n) is 7.45. The summed E-state index contributed by atoms with van der Waals surface area (Å²) < 4.78 is 2.99. The van der Waals surface area contributed by atoms with Gasteiger partial charge in [0.1, 0.15) is 4.88 Å². The summed E-state index contributed by atoms with van der Waals surface area (Å²) in [4.78, 5) is 27.7. The molecule has 3 rings (SSSR count). The van der Waals surface area contributed by atoms with Crippen LogP contribution in [0.15, 0.2) is 41.9 Å². The number of fused-ring (bicyclic) bond motifs is 1. The molecule has 128 valence electrons. The second-order valence-electron chi connectivity index (χ2n) is 5.52. The summed E-state index contributed by atoms with van der Waals surface area (Å²) in [5.74, 6) is -0.475. The average Bonchev–Trinajstić information content (AvgIpc) is 3.13. The van der Waals surface area contributed by atoms with Crippen LogP contribution >= 0.6 is 22.7 Å². The molecule has 1 amide bonds. The van der Waals surface area contributed by atoms with Gasteiger partial charge >= 0.3 is 5.00 Å². The Kier molecular flexibility index (Phi) is 4.65. The molecular weight excluding hydrogens is 358 g/mol. The molecule has 3 aromatic rings. The molecule has 0 aliphatic heterocycles. The molecule has 0 radical (unpaired) electrons. The number of carbonyl (C=O) groups is 1. The Bertz CT molecular complexity index is 1070. The minimum atomic E-state index is -0.509. The number of carbonyl (C=O) groups excluding carboxylic acids is 1. The second kappa shape index (κ2) is 6.73. The molecule has 1 aromatic carbocycles. The van der Waals surface area contributed by atoms with E-state index in [0.29, 0.717) is 11.3 Å². The number of hydrogen-bond donors (Lipinski definition) is 0. The van der Waals surface area contributed by atoms with Gasteiger partial charge in [0.05, 0.1) is 15.1 Å². The van der Waals surface area contributed by atoms with Crippen molar-refractivity contribution in [3.63, 3.8) is 0 Å². The van der Waals surface area contributed by atoms with Crippen LogP contribution in [0.3, 0.4) is 0 Å². The van der Waals surface area contributed by atoms with Crippen molar-refractivity contribution in [3.8, 4) is 0 Å². The van der Waals surface area contributed by atoms with Gasteiger partial charge in [0.25, 0.3) is 5.91 Å². The Balaban J connectivity index is 2.15. The van der Waals surface area contributed by atoms with Crippen LogP contribution in [0.2, 0.25) is 0 Å². The van der Waals surface area contributed by atoms with Crippen molar-refractivity contribution in [2.45, 2.75) is 20.4 Å². The maximum absolute atomic E-state index is 12.4. The standard InChI is InChI=1S/C17H15N3O3S2/c1-4-7-19-15-11(3)8-10(2)9-13(15)25-17(19)18-16(21)12-5-6-14(24-12)20(22)23/h4-6,8-9H,1,7H2,2-3H3. The zero-order valence-electron chi connectivity index (χ0n) is 13.7. The van der Waals surface area contributed by atoms with Crippen LogP contribution in [0.25, 0.3) is 10.2 Å². The Morgan fingerprint density at radius 2 is 2.12 bits per heavy atom. The van der Waals surface area contributed by atoms with Crippen LogP contribution in [0.4, 0.5) is 5.00 Å². The number of aromatic nitrogens is 1. The number of benzene rings is 1. The lowest BCUT2D eigenvalue weighted by molar-refractivity contribution is -0.380. The van der Waals surface area contributed by atoms with E-state index < -0.39 is 10.8 Å². The molecule has 0 aliphatic rings. The summed E-state index contributed by atoms with van der Waals surface area (Å²) in [6, 6.07) is 6.91. The van der Waals surface area contributed by atoms with E-state index in [4.69, 9.17) is 0 Å². The Labute approximate surface area is 151 Å². The highest BCUT2D eigenvalue weighted by atomic mass is 32.1. The van der Waals surface area contributed by atoms with Gasteiger partial charge in [-0.1, -0.05) is 34.8 Å². The van der Waals surface area contributed by atoms with E-state index in [-0.39, 0.29) is 9.88 Å². The fourth-order valence-corrected chi connectivity index (χ4v) is 4.58. The topological polar surface area (TPSA) is 77.5 Å². The Hall–Kier alpha value is -2.58. The molecule has 0 atom stereocenters. The summed E-state index contributed by atoms with van der Waals surface area (Å²) in [6.07, 6.45) is 1.75. The molecule has 8 heteroatoms. The first kappa shape index (κ1) is 17.2. The number of amides is 1. The van der Waals surface area contributed by atoms with E-state index >= 15 is 0 Å². The first-order valence-corrected chi connectivity index (χ1v) is 9.08. The van der Waals surface area contributed by atoms with Crippen LogP contribution in [0.1, 0.15) is 20.8 Å². The number of allylic oxidation sites excluding steroid dienone is 1. The van der Waals surface area contributed by atoms with Crippen LogP contribution in [-0.4, -0.2) is 15.4 Å². The highest BCUT2D eigenvalue weighted by molar-refractivity contribution is 7.17. The maximum Gasteiger partial charge on any atom is 0.324 e. The molecule has 2 aromatic heterocycles. The summed E-state index contributed by atoms with van der Waals surface area (Å²) in [6.45, 7) is 8.35. The van der Waals surface area contributed by atoms with Crippen molar-refractivity contribution in [1.29, 1.82) is 0 Å². The fraction of sp³-hybridized carbons (Fsp3) is 0.176. The monoisotopic (exact) mass is 373 g/mol. The van der Waals surface area contributed by atoms with E-state index in [1.165, 1.54) is 23.5 Å². The molecular formula is C17H15N3O3S2.